The Bertz CT molecular complexity index is 2130. The molecule has 3 aliphatic rings. The van der Waals surface area contributed by atoms with Gasteiger partial charge in [-0.15, -0.1) is 0 Å². The minimum Gasteiger partial charge on any atom is -0.493 e. The number of para-hydroxylation sites is 1. The molecule has 53 heavy (non-hydrogen) atoms. The van der Waals surface area contributed by atoms with E-state index in [-0.39, 0.29) is 5.41 Å². The van der Waals surface area contributed by atoms with Crippen molar-refractivity contribution >= 4 is 34.2 Å². The van der Waals surface area contributed by atoms with Gasteiger partial charge in [0, 0.05) is 45.3 Å². The molecule has 1 saturated carbocycles. The van der Waals surface area contributed by atoms with Crippen LogP contribution >= 0.6 is 11.6 Å². The smallest absolute Gasteiger partial charge is 0.329 e. The molecule has 0 bridgehead atoms. The molecule has 8 heteroatoms. The normalized spacial score (nSPS) is 24.0. The predicted molar refractivity (Wildman–Crippen MR) is 210 cm³/mol. The molecule has 7 nitrogen and oxygen atoms in total. The van der Waals surface area contributed by atoms with Crippen LogP contribution in [-0.2, 0) is 29.7 Å². The number of hydrogen-bond acceptors (Lipinski definition) is 6. The van der Waals surface area contributed by atoms with Crippen LogP contribution in [0.3, 0.4) is 0 Å². The summed E-state index contributed by atoms with van der Waals surface area (Å²) in [4.78, 5) is 22.3. The van der Waals surface area contributed by atoms with Crippen LogP contribution in [0.15, 0.2) is 91.3 Å². The van der Waals surface area contributed by atoms with E-state index in [4.69, 9.17) is 21.1 Å². The number of anilines is 1. The Labute approximate surface area is 317 Å². The number of carboxylic acids is 1. The molecule has 3 aromatic carbocycles. The summed E-state index contributed by atoms with van der Waals surface area (Å²) in [6, 6.07) is 26.2. The van der Waals surface area contributed by atoms with E-state index in [0.717, 1.165) is 65.8 Å². The van der Waals surface area contributed by atoms with Crippen molar-refractivity contribution < 1.29 is 19.4 Å². The highest BCUT2D eigenvalue weighted by molar-refractivity contribution is 6.30. The molecule has 0 amide bonds. The van der Waals surface area contributed by atoms with Gasteiger partial charge in [-0.05, 0) is 141 Å². The summed E-state index contributed by atoms with van der Waals surface area (Å²) in [7, 11) is 0. The van der Waals surface area contributed by atoms with Crippen molar-refractivity contribution in [3.05, 3.63) is 124 Å². The van der Waals surface area contributed by atoms with E-state index >= 15 is 0 Å². The van der Waals surface area contributed by atoms with E-state index in [9.17, 15) is 9.90 Å². The maximum Gasteiger partial charge on any atom is 0.329 e. The Morgan fingerprint density at radius 2 is 1.85 bits per heavy atom. The molecule has 2 heterocycles. The minimum absolute atomic E-state index is 0.174. The third-order valence-corrected chi connectivity index (χ3v) is 12.6. The standard InChI is InChI=1S/C45H48ClN3O4/c1-29(27-53-41-15-20-47-40-12-5-7-30(2)42(40)41)21-34-23-32-13-14-37(52-28-31-22-33-8-3-4-11-39(33)48-26-31)25-38(32)44(34)16-18-45(19-17-44,43(50)51)49-36-10-6-9-35(46)24-36/h3-4,6,8-11,13-15,20,22,24-26,29-30,34,49H,5,7,12,16-19,21,23,27-28H2,1-2H3,(H,50,51)/t29-,30-,34?,44?,45?/m1/s1. The zero-order valence-electron chi connectivity index (χ0n) is 30.6. The second kappa shape index (κ2) is 14.7. The van der Waals surface area contributed by atoms with Gasteiger partial charge in [0.2, 0.25) is 0 Å². The highest BCUT2D eigenvalue weighted by Gasteiger charge is 2.54. The Balaban J connectivity index is 1.04. The van der Waals surface area contributed by atoms with Crippen LogP contribution in [0.1, 0.15) is 92.7 Å². The number of rotatable bonds is 11. The Morgan fingerprint density at radius 3 is 2.68 bits per heavy atom. The second-order valence-corrected chi connectivity index (χ2v) is 16.3. The SMILES string of the molecule is C[C@@H](COc1ccnc2c1[C@H](C)CCC2)CC1Cc2ccc(OCc3cnc4ccccc4c3)cc2C12CCC(Nc1cccc(Cl)c1)(C(=O)O)CC2. The van der Waals surface area contributed by atoms with E-state index in [0.29, 0.717) is 48.8 Å². The zero-order chi connectivity index (χ0) is 36.6. The van der Waals surface area contributed by atoms with E-state index in [2.05, 4.69) is 59.5 Å². The van der Waals surface area contributed by atoms with Crippen molar-refractivity contribution in [2.75, 3.05) is 11.9 Å². The van der Waals surface area contributed by atoms with Crippen LogP contribution in [0.2, 0.25) is 5.02 Å². The summed E-state index contributed by atoms with van der Waals surface area (Å²) in [6.45, 7) is 5.64. The monoisotopic (exact) mass is 729 g/mol. The molecule has 274 valence electrons. The van der Waals surface area contributed by atoms with Crippen molar-refractivity contribution in [2.24, 2.45) is 11.8 Å². The van der Waals surface area contributed by atoms with Crippen LogP contribution in [-0.4, -0.2) is 33.2 Å². The molecular formula is C45H48ClN3O4. The number of benzene rings is 3. The minimum atomic E-state index is -1.08. The largest absolute Gasteiger partial charge is 0.493 e. The van der Waals surface area contributed by atoms with Gasteiger partial charge in [0.05, 0.1) is 12.1 Å². The molecular weight excluding hydrogens is 682 g/mol. The van der Waals surface area contributed by atoms with Crippen molar-refractivity contribution in [3.8, 4) is 11.5 Å². The number of ether oxygens (including phenoxy) is 2. The fourth-order valence-corrected chi connectivity index (χ4v) is 9.72. The molecule has 0 saturated heterocycles. The number of fused-ring (bicyclic) bond motifs is 4. The number of aromatic nitrogens is 2. The topological polar surface area (TPSA) is 93.6 Å². The fraction of sp³-hybridized carbons (Fsp3) is 0.400. The van der Waals surface area contributed by atoms with Gasteiger partial charge in [0.15, 0.2) is 0 Å². The first kappa shape index (κ1) is 35.4. The summed E-state index contributed by atoms with van der Waals surface area (Å²) < 4.78 is 13.0. The number of hydrogen-bond donors (Lipinski definition) is 2. The third kappa shape index (κ3) is 7.08. The van der Waals surface area contributed by atoms with Crippen LogP contribution in [0.5, 0.6) is 11.5 Å². The molecule has 5 aromatic rings. The number of aliphatic carboxylic acids is 1. The number of aryl methyl sites for hydroxylation is 1. The molecule has 0 radical (unpaired) electrons. The summed E-state index contributed by atoms with van der Waals surface area (Å²) in [5, 5.41) is 15.8. The van der Waals surface area contributed by atoms with Gasteiger partial charge in [-0.1, -0.05) is 55.8 Å². The van der Waals surface area contributed by atoms with Crippen molar-refractivity contribution in [2.45, 2.75) is 95.1 Å². The van der Waals surface area contributed by atoms with Gasteiger partial charge in [0.1, 0.15) is 23.6 Å². The number of carbonyl (C=O) groups is 1. The first-order valence-electron chi connectivity index (χ1n) is 19.2. The maximum absolute atomic E-state index is 13.0. The summed E-state index contributed by atoms with van der Waals surface area (Å²) in [6.07, 6.45) is 11.6. The third-order valence-electron chi connectivity index (χ3n) is 12.3. The fourth-order valence-electron chi connectivity index (χ4n) is 9.53. The highest BCUT2D eigenvalue weighted by atomic mass is 35.5. The second-order valence-electron chi connectivity index (χ2n) is 15.8. The lowest BCUT2D eigenvalue weighted by atomic mass is 9.59. The van der Waals surface area contributed by atoms with Gasteiger partial charge in [-0.2, -0.15) is 0 Å². The average Bonchev–Trinajstić information content (AvgIpc) is 3.45. The molecule has 0 aliphatic heterocycles. The Hall–Kier alpha value is -4.62. The van der Waals surface area contributed by atoms with E-state index in [1.54, 1.807) is 12.1 Å². The van der Waals surface area contributed by atoms with Crippen molar-refractivity contribution in [1.82, 2.24) is 9.97 Å². The van der Waals surface area contributed by atoms with E-state index in [1.165, 1.54) is 35.2 Å². The Morgan fingerprint density at radius 1 is 1.00 bits per heavy atom. The number of halogens is 1. The highest BCUT2D eigenvalue weighted by Crippen LogP contribution is 2.57. The summed E-state index contributed by atoms with van der Waals surface area (Å²) >= 11 is 6.31. The molecule has 1 fully saturated rings. The summed E-state index contributed by atoms with van der Waals surface area (Å²) in [5.41, 5.74) is 6.59. The molecule has 1 unspecified atom stereocenters. The molecule has 1 spiro atoms. The number of nitrogens with zero attached hydrogens (tertiary/aromatic N) is 2. The van der Waals surface area contributed by atoms with Gasteiger partial charge in [-0.3, -0.25) is 9.97 Å². The number of carboxylic acid groups (broad SMARTS) is 1. The van der Waals surface area contributed by atoms with Gasteiger partial charge in [0.25, 0.3) is 0 Å². The first-order valence-corrected chi connectivity index (χ1v) is 19.6. The summed E-state index contributed by atoms with van der Waals surface area (Å²) in [5.74, 6) is 2.10. The van der Waals surface area contributed by atoms with Gasteiger partial charge < -0.3 is 19.9 Å². The lowest BCUT2D eigenvalue weighted by Crippen LogP contribution is -2.53. The van der Waals surface area contributed by atoms with Crippen molar-refractivity contribution in [3.63, 3.8) is 0 Å². The van der Waals surface area contributed by atoms with E-state index in [1.807, 2.05) is 48.8 Å². The maximum atomic E-state index is 13.0. The number of pyridine rings is 2. The van der Waals surface area contributed by atoms with Gasteiger partial charge in [-0.25, -0.2) is 4.79 Å². The first-order chi connectivity index (χ1) is 25.7. The van der Waals surface area contributed by atoms with E-state index < -0.39 is 11.5 Å². The van der Waals surface area contributed by atoms with Crippen LogP contribution < -0.4 is 14.8 Å². The number of nitrogens with one attached hydrogen (secondary N) is 1. The molecule has 8 rings (SSSR count). The average molecular weight is 730 g/mol. The van der Waals surface area contributed by atoms with Crippen LogP contribution in [0, 0.1) is 11.8 Å². The lowest BCUT2D eigenvalue weighted by Gasteiger charge is -2.47. The lowest BCUT2D eigenvalue weighted by molar-refractivity contribution is -0.144. The molecule has 2 N–H and O–H groups in total. The predicted octanol–water partition coefficient (Wildman–Crippen LogP) is 10.3. The molecule has 3 atom stereocenters. The van der Waals surface area contributed by atoms with Gasteiger partial charge >= 0.3 is 5.97 Å². The Kier molecular flexibility index (Phi) is 9.80. The van der Waals surface area contributed by atoms with Crippen LogP contribution in [0.25, 0.3) is 10.9 Å². The molecule has 3 aliphatic carbocycles. The van der Waals surface area contributed by atoms with Crippen LogP contribution in [0.4, 0.5) is 5.69 Å². The quantitative estimate of drug-likeness (QED) is 0.140. The molecule has 2 aromatic heterocycles. The zero-order valence-corrected chi connectivity index (χ0v) is 31.4. The van der Waals surface area contributed by atoms with Crippen molar-refractivity contribution in [1.29, 1.82) is 0 Å².